The Kier molecular flexibility index (Phi) is 3.88. The van der Waals surface area contributed by atoms with Gasteiger partial charge < -0.3 is 5.73 Å². The van der Waals surface area contributed by atoms with Crippen molar-refractivity contribution in [2.75, 3.05) is 6.54 Å². The van der Waals surface area contributed by atoms with E-state index in [1.165, 1.54) is 43.2 Å². The Hall–Kier alpha value is -0.820. The van der Waals surface area contributed by atoms with Gasteiger partial charge in [-0.3, -0.25) is 0 Å². The first kappa shape index (κ1) is 12.6. The monoisotopic (exact) mass is 231 g/mol. The van der Waals surface area contributed by atoms with E-state index in [4.69, 9.17) is 5.73 Å². The molecular formula is C16H25N. The second-order valence-electron chi connectivity index (χ2n) is 5.56. The van der Waals surface area contributed by atoms with Crippen molar-refractivity contribution in [2.45, 2.75) is 57.8 Å². The van der Waals surface area contributed by atoms with E-state index in [0.29, 0.717) is 0 Å². The predicted molar refractivity (Wildman–Crippen MR) is 74.4 cm³/mol. The van der Waals surface area contributed by atoms with Crippen LogP contribution in [0.25, 0.3) is 0 Å². The van der Waals surface area contributed by atoms with Crippen LogP contribution in [0.5, 0.6) is 0 Å². The van der Waals surface area contributed by atoms with Gasteiger partial charge in [-0.15, -0.1) is 0 Å². The molecule has 0 aromatic heterocycles. The number of hydrogen-bond donors (Lipinski definition) is 1. The normalized spacial score (nSPS) is 19.2. The highest BCUT2D eigenvalue weighted by Gasteiger charge is 2.33. The first-order valence-electron chi connectivity index (χ1n) is 7.02. The van der Waals surface area contributed by atoms with Gasteiger partial charge in [-0.25, -0.2) is 0 Å². The highest BCUT2D eigenvalue weighted by atomic mass is 14.6. The van der Waals surface area contributed by atoms with Gasteiger partial charge in [0.15, 0.2) is 0 Å². The van der Waals surface area contributed by atoms with Gasteiger partial charge >= 0.3 is 0 Å². The maximum atomic E-state index is 6.14. The Labute approximate surface area is 105 Å². The van der Waals surface area contributed by atoms with Gasteiger partial charge in [-0.2, -0.15) is 0 Å². The number of aryl methyl sites for hydroxylation is 2. The Bertz CT molecular complexity index is 375. The lowest BCUT2D eigenvalue weighted by atomic mass is 9.67. The summed E-state index contributed by atoms with van der Waals surface area (Å²) in [6, 6.07) is 6.92. The molecule has 17 heavy (non-hydrogen) atoms. The van der Waals surface area contributed by atoms with E-state index in [-0.39, 0.29) is 5.41 Å². The van der Waals surface area contributed by atoms with Crippen molar-refractivity contribution < 1.29 is 0 Å². The lowest BCUT2D eigenvalue weighted by molar-refractivity contribution is 0.299. The Morgan fingerprint density at radius 1 is 1.18 bits per heavy atom. The molecule has 2 N–H and O–H groups in total. The first-order valence-corrected chi connectivity index (χ1v) is 7.02. The summed E-state index contributed by atoms with van der Waals surface area (Å²) < 4.78 is 0. The van der Waals surface area contributed by atoms with Gasteiger partial charge in [0.05, 0.1) is 0 Å². The molecule has 0 spiro atoms. The summed E-state index contributed by atoms with van der Waals surface area (Å²) in [6.45, 7) is 5.25. The summed E-state index contributed by atoms with van der Waals surface area (Å²) in [6.07, 6.45) is 7.74. The lowest BCUT2D eigenvalue weighted by Gasteiger charge is -2.38. The average Bonchev–Trinajstić information content (AvgIpc) is 2.39. The fourth-order valence-electron chi connectivity index (χ4n) is 3.30. The van der Waals surface area contributed by atoms with Crippen molar-refractivity contribution in [3.05, 3.63) is 34.9 Å². The van der Waals surface area contributed by atoms with E-state index >= 15 is 0 Å². The minimum Gasteiger partial charge on any atom is -0.330 e. The van der Waals surface area contributed by atoms with Crippen molar-refractivity contribution in [1.29, 1.82) is 0 Å². The Morgan fingerprint density at radius 3 is 2.47 bits per heavy atom. The van der Waals surface area contributed by atoms with Crippen molar-refractivity contribution in [3.63, 3.8) is 0 Å². The van der Waals surface area contributed by atoms with E-state index in [2.05, 4.69) is 32.0 Å². The van der Waals surface area contributed by atoms with Crippen molar-refractivity contribution in [3.8, 4) is 0 Å². The van der Waals surface area contributed by atoms with Gasteiger partial charge in [0, 0.05) is 12.0 Å². The fourth-order valence-corrected chi connectivity index (χ4v) is 3.30. The van der Waals surface area contributed by atoms with Crippen LogP contribution in [0.15, 0.2) is 18.2 Å². The zero-order valence-corrected chi connectivity index (χ0v) is 11.3. The molecule has 1 aromatic rings. The quantitative estimate of drug-likeness (QED) is 0.843. The topological polar surface area (TPSA) is 26.0 Å². The third kappa shape index (κ3) is 2.40. The Morgan fingerprint density at radius 2 is 1.88 bits per heavy atom. The van der Waals surface area contributed by atoms with Crippen LogP contribution in [0, 0.1) is 6.92 Å². The number of benzene rings is 1. The highest BCUT2D eigenvalue weighted by molar-refractivity contribution is 5.38. The predicted octanol–water partition coefficient (Wildman–Crippen LogP) is 3.72. The number of hydrogen-bond acceptors (Lipinski definition) is 1. The van der Waals surface area contributed by atoms with Crippen LogP contribution in [0.2, 0.25) is 0 Å². The van der Waals surface area contributed by atoms with Crippen LogP contribution in [0.3, 0.4) is 0 Å². The van der Waals surface area contributed by atoms with Gasteiger partial charge in [0.25, 0.3) is 0 Å². The summed E-state index contributed by atoms with van der Waals surface area (Å²) in [5.74, 6) is 0. The zero-order chi connectivity index (χ0) is 12.3. The van der Waals surface area contributed by atoms with Gasteiger partial charge in [0.2, 0.25) is 0 Å². The molecule has 2 rings (SSSR count). The molecule has 0 amide bonds. The molecule has 1 heteroatoms. The lowest BCUT2D eigenvalue weighted by Crippen LogP contribution is -2.38. The molecule has 0 radical (unpaired) electrons. The third-order valence-corrected chi connectivity index (χ3v) is 4.42. The summed E-state index contributed by atoms with van der Waals surface area (Å²) in [5, 5.41) is 0. The van der Waals surface area contributed by atoms with Crippen molar-refractivity contribution in [1.82, 2.24) is 0 Å². The van der Waals surface area contributed by atoms with E-state index in [9.17, 15) is 0 Å². The van der Waals surface area contributed by atoms with Crippen LogP contribution in [-0.4, -0.2) is 6.54 Å². The number of rotatable bonds is 3. The number of nitrogens with two attached hydrogens (primary N) is 1. The van der Waals surface area contributed by atoms with Gasteiger partial charge in [-0.05, 0) is 37.3 Å². The minimum atomic E-state index is 0.273. The summed E-state index contributed by atoms with van der Waals surface area (Å²) in [4.78, 5) is 0. The minimum absolute atomic E-state index is 0.273. The van der Waals surface area contributed by atoms with E-state index in [1.54, 1.807) is 5.56 Å². The van der Waals surface area contributed by atoms with Crippen LogP contribution < -0.4 is 5.73 Å². The molecule has 0 atom stereocenters. The van der Waals surface area contributed by atoms with Crippen LogP contribution in [0.4, 0.5) is 0 Å². The molecule has 1 nitrogen and oxygen atoms in total. The molecule has 1 fully saturated rings. The largest absolute Gasteiger partial charge is 0.330 e. The Balaban J connectivity index is 2.44. The summed E-state index contributed by atoms with van der Waals surface area (Å²) in [5.41, 5.74) is 10.8. The molecular weight excluding hydrogens is 206 g/mol. The maximum Gasteiger partial charge on any atom is 0.00783 e. The molecule has 1 saturated carbocycles. The molecule has 1 aromatic carbocycles. The second kappa shape index (κ2) is 5.22. The molecule has 0 saturated heterocycles. The summed E-state index contributed by atoms with van der Waals surface area (Å²) >= 11 is 0. The SMILES string of the molecule is CCc1ccc(C)cc1C1(CN)CCCCC1. The highest BCUT2D eigenvalue weighted by Crippen LogP contribution is 2.40. The third-order valence-electron chi connectivity index (χ3n) is 4.42. The molecule has 1 aliphatic rings. The first-order chi connectivity index (χ1) is 8.22. The second-order valence-corrected chi connectivity index (χ2v) is 5.56. The van der Waals surface area contributed by atoms with Crippen molar-refractivity contribution >= 4 is 0 Å². The van der Waals surface area contributed by atoms with Gasteiger partial charge in [-0.1, -0.05) is 49.9 Å². The smallest absolute Gasteiger partial charge is 0.00783 e. The van der Waals surface area contributed by atoms with Gasteiger partial charge in [0.1, 0.15) is 0 Å². The molecule has 1 aliphatic carbocycles. The zero-order valence-electron chi connectivity index (χ0n) is 11.3. The van der Waals surface area contributed by atoms with E-state index < -0.39 is 0 Å². The molecule has 0 unspecified atom stereocenters. The van der Waals surface area contributed by atoms with Crippen LogP contribution in [-0.2, 0) is 11.8 Å². The molecule has 0 aliphatic heterocycles. The molecule has 0 bridgehead atoms. The van der Waals surface area contributed by atoms with E-state index in [1.807, 2.05) is 0 Å². The maximum absolute atomic E-state index is 6.14. The summed E-state index contributed by atoms with van der Waals surface area (Å²) in [7, 11) is 0. The van der Waals surface area contributed by atoms with E-state index in [0.717, 1.165) is 13.0 Å². The molecule has 0 heterocycles. The van der Waals surface area contributed by atoms with Crippen LogP contribution in [0.1, 0.15) is 55.7 Å². The van der Waals surface area contributed by atoms with Crippen LogP contribution >= 0.6 is 0 Å². The standard InChI is InChI=1S/C16H25N/c1-3-14-8-7-13(2)11-15(14)16(12-17)9-5-4-6-10-16/h7-8,11H,3-6,9-10,12,17H2,1-2H3. The average molecular weight is 231 g/mol. The molecule has 94 valence electrons. The van der Waals surface area contributed by atoms with Crippen molar-refractivity contribution in [2.24, 2.45) is 5.73 Å². The fraction of sp³-hybridized carbons (Fsp3) is 0.625.